The first kappa shape index (κ1) is 14.4. The van der Waals surface area contributed by atoms with Gasteiger partial charge in [-0.05, 0) is 38.5 Å². The van der Waals surface area contributed by atoms with Crippen LogP contribution in [-0.2, 0) is 0 Å². The summed E-state index contributed by atoms with van der Waals surface area (Å²) in [5.74, 6) is 0.956. The van der Waals surface area contributed by atoms with E-state index in [9.17, 15) is 0 Å². The predicted octanol–water partition coefficient (Wildman–Crippen LogP) is 5.05. The minimum Gasteiger partial charge on any atom is -0.311 e. The number of hydrogen-bond acceptors (Lipinski definition) is 1. The van der Waals surface area contributed by atoms with E-state index in [1.807, 2.05) is 0 Å². The first-order valence-electron chi connectivity index (χ1n) is 8.62. The summed E-state index contributed by atoms with van der Waals surface area (Å²) in [6.45, 7) is 2.45. The van der Waals surface area contributed by atoms with E-state index in [0.717, 1.165) is 18.0 Å². The lowest BCUT2D eigenvalue weighted by Crippen LogP contribution is -2.41. The molecule has 1 nitrogen and oxygen atoms in total. The van der Waals surface area contributed by atoms with Crippen molar-refractivity contribution in [2.24, 2.45) is 5.92 Å². The van der Waals surface area contributed by atoms with E-state index < -0.39 is 0 Å². The van der Waals surface area contributed by atoms with Gasteiger partial charge < -0.3 is 5.32 Å². The SMILES string of the molecule is C[C@@H](NC1CCCCCCC1)C1CCCCCC1. The van der Waals surface area contributed by atoms with Crippen LogP contribution < -0.4 is 5.32 Å². The Labute approximate surface area is 114 Å². The highest BCUT2D eigenvalue weighted by molar-refractivity contribution is 4.79. The fourth-order valence-electron chi connectivity index (χ4n) is 3.94. The minimum absolute atomic E-state index is 0.757. The van der Waals surface area contributed by atoms with Crippen molar-refractivity contribution in [1.82, 2.24) is 5.32 Å². The van der Waals surface area contributed by atoms with Gasteiger partial charge in [-0.3, -0.25) is 0 Å². The van der Waals surface area contributed by atoms with E-state index in [-0.39, 0.29) is 0 Å². The molecule has 2 aliphatic carbocycles. The van der Waals surface area contributed by atoms with Crippen molar-refractivity contribution in [2.75, 3.05) is 0 Å². The number of nitrogens with one attached hydrogen (secondary N) is 1. The molecule has 0 heterocycles. The smallest absolute Gasteiger partial charge is 0.00696 e. The third-order valence-electron chi connectivity index (χ3n) is 5.21. The third-order valence-corrected chi connectivity index (χ3v) is 5.21. The van der Waals surface area contributed by atoms with Crippen LogP contribution in [0.4, 0.5) is 0 Å². The quantitative estimate of drug-likeness (QED) is 0.692. The first-order valence-corrected chi connectivity index (χ1v) is 8.62. The van der Waals surface area contributed by atoms with Crippen molar-refractivity contribution in [3.8, 4) is 0 Å². The zero-order valence-corrected chi connectivity index (χ0v) is 12.4. The Balaban J connectivity index is 1.75. The van der Waals surface area contributed by atoms with Gasteiger partial charge in [0.15, 0.2) is 0 Å². The van der Waals surface area contributed by atoms with Crippen LogP contribution in [0.3, 0.4) is 0 Å². The Kier molecular flexibility index (Phi) is 6.54. The highest BCUT2D eigenvalue weighted by atomic mass is 14.9. The lowest BCUT2D eigenvalue weighted by Gasteiger charge is -2.30. The fourth-order valence-corrected chi connectivity index (χ4v) is 3.94. The maximum atomic E-state index is 3.98. The average molecular weight is 251 g/mol. The topological polar surface area (TPSA) is 12.0 Å². The molecule has 0 aromatic carbocycles. The van der Waals surface area contributed by atoms with Crippen molar-refractivity contribution >= 4 is 0 Å². The van der Waals surface area contributed by atoms with Gasteiger partial charge in [-0.1, -0.05) is 57.8 Å². The Morgan fingerprint density at radius 3 is 1.67 bits per heavy atom. The molecule has 2 aliphatic rings. The molecule has 0 spiro atoms. The second-order valence-electron chi connectivity index (χ2n) is 6.75. The molecule has 2 saturated carbocycles. The molecule has 0 radical (unpaired) electrons. The highest BCUT2D eigenvalue weighted by Crippen LogP contribution is 2.26. The fraction of sp³-hybridized carbons (Fsp3) is 1.00. The normalized spacial score (nSPS) is 27.2. The second-order valence-corrected chi connectivity index (χ2v) is 6.75. The van der Waals surface area contributed by atoms with Crippen molar-refractivity contribution in [1.29, 1.82) is 0 Å². The molecule has 0 unspecified atom stereocenters. The molecular formula is C17H33N. The zero-order valence-electron chi connectivity index (χ0n) is 12.4. The van der Waals surface area contributed by atoms with Gasteiger partial charge in [0.05, 0.1) is 0 Å². The van der Waals surface area contributed by atoms with Crippen LogP contribution >= 0.6 is 0 Å². The minimum atomic E-state index is 0.757. The van der Waals surface area contributed by atoms with Crippen LogP contribution in [0, 0.1) is 5.92 Å². The number of rotatable bonds is 3. The van der Waals surface area contributed by atoms with E-state index in [1.165, 1.54) is 83.5 Å². The van der Waals surface area contributed by atoms with Crippen LogP contribution in [0.1, 0.15) is 90.4 Å². The standard InChI is InChI=1S/C17H33N/c1-15(16-11-7-5-6-8-12-16)18-17-13-9-3-2-4-10-14-17/h15-18H,2-14H2,1H3/t15-/m1/s1. The molecule has 106 valence electrons. The van der Waals surface area contributed by atoms with E-state index in [0.29, 0.717) is 0 Å². The van der Waals surface area contributed by atoms with E-state index in [2.05, 4.69) is 12.2 Å². The Hall–Kier alpha value is -0.0400. The summed E-state index contributed by atoms with van der Waals surface area (Å²) in [6.07, 6.45) is 19.0. The van der Waals surface area contributed by atoms with Gasteiger partial charge in [0, 0.05) is 12.1 Å². The van der Waals surface area contributed by atoms with Crippen molar-refractivity contribution in [2.45, 2.75) is 102 Å². The summed E-state index contributed by atoms with van der Waals surface area (Å²) in [7, 11) is 0. The van der Waals surface area contributed by atoms with E-state index in [1.54, 1.807) is 0 Å². The Morgan fingerprint density at radius 2 is 1.11 bits per heavy atom. The first-order chi connectivity index (χ1) is 8.86. The van der Waals surface area contributed by atoms with Gasteiger partial charge in [-0.25, -0.2) is 0 Å². The summed E-state index contributed by atoms with van der Waals surface area (Å²) in [6, 6.07) is 1.58. The van der Waals surface area contributed by atoms with E-state index in [4.69, 9.17) is 0 Å². The summed E-state index contributed by atoms with van der Waals surface area (Å²) < 4.78 is 0. The maximum absolute atomic E-state index is 3.98. The maximum Gasteiger partial charge on any atom is 0.00696 e. The van der Waals surface area contributed by atoms with Crippen LogP contribution in [-0.4, -0.2) is 12.1 Å². The van der Waals surface area contributed by atoms with Crippen LogP contribution in [0.25, 0.3) is 0 Å². The molecule has 0 aliphatic heterocycles. The zero-order chi connectivity index (χ0) is 12.6. The molecule has 1 N–H and O–H groups in total. The summed E-state index contributed by atoms with van der Waals surface area (Å²) in [5, 5.41) is 3.98. The molecule has 0 bridgehead atoms. The molecule has 0 aromatic heterocycles. The van der Waals surface area contributed by atoms with Crippen LogP contribution in [0.5, 0.6) is 0 Å². The monoisotopic (exact) mass is 251 g/mol. The Morgan fingerprint density at radius 1 is 0.667 bits per heavy atom. The lowest BCUT2D eigenvalue weighted by atomic mass is 9.90. The van der Waals surface area contributed by atoms with Crippen molar-refractivity contribution in [3.63, 3.8) is 0 Å². The van der Waals surface area contributed by atoms with Gasteiger partial charge in [0.2, 0.25) is 0 Å². The van der Waals surface area contributed by atoms with Gasteiger partial charge in [0.25, 0.3) is 0 Å². The van der Waals surface area contributed by atoms with Crippen molar-refractivity contribution in [3.05, 3.63) is 0 Å². The van der Waals surface area contributed by atoms with Crippen LogP contribution in [0.2, 0.25) is 0 Å². The number of hydrogen-bond donors (Lipinski definition) is 1. The van der Waals surface area contributed by atoms with Crippen LogP contribution in [0.15, 0.2) is 0 Å². The molecule has 2 rings (SSSR count). The van der Waals surface area contributed by atoms with Gasteiger partial charge in [0.1, 0.15) is 0 Å². The molecule has 0 aromatic rings. The average Bonchev–Trinajstić information content (AvgIpc) is 2.61. The highest BCUT2D eigenvalue weighted by Gasteiger charge is 2.21. The molecular weight excluding hydrogens is 218 g/mol. The molecule has 1 heteroatoms. The van der Waals surface area contributed by atoms with E-state index >= 15 is 0 Å². The predicted molar refractivity (Wildman–Crippen MR) is 79.9 cm³/mol. The molecule has 18 heavy (non-hydrogen) atoms. The summed E-state index contributed by atoms with van der Waals surface area (Å²) >= 11 is 0. The Bertz CT molecular complexity index is 198. The molecule has 2 fully saturated rings. The second kappa shape index (κ2) is 8.19. The van der Waals surface area contributed by atoms with Gasteiger partial charge in [-0.15, -0.1) is 0 Å². The summed E-state index contributed by atoms with van der Waals surface area (Å²) in [4.78, 5) is 0. The van der Waals surface area contributed by atoms with Crippen molar-refractivity contribution < 1.29 is 0 Å². The molecule has 1 atom stereocenters. The summed E-state index contributed by atoms with van der Waals surface area (Å²) in [5.41, 5.74) is 0. The largest absolute Gasteiger partial charge is 0.311 e. The molecule has 0 saturated heterocycles. The third kappa shape index (κ3) is 4.91. The molecule has 0 amide bonds. The van der Waals surface area contributed by atoms with Gasteiger partial charge >= 0.3 is 0 Å². The lowest BCUT2D eigenvalue weighted by molar-refractivity contribution is 0.282. The van der Waals surface area contributed by atoms with Gasteiger partial charge in [-0.2, -0.15) is 0 Å².